The highest BCUT2D eigenvalue weighted by Gasteiger charge is 2.27. The molecule has 1 amide bonds. The standard InChI is InChI=1S/C20H21NO7S2/c1-10-15(19(24)26-2)17(30-16(10)20(25)27-3)21-14(22)8-28-18(23)12-9-29-13-7-5-4-6-11(12)13/h9H,4-8H2,1-3H3,(H,21,22). The lowest BCUT2D eigenvalue weighted by atomic mass is 9.96. The fourth-order valence-corrected chi connectivity index (χ4v) is 5.52. The molecule has 0 spiro atoms. The van der Waals surface area contributed by atoms with Gasteiger partial charge in [-0.15, -0.1) is 22.7 Å². The Labute approximate surface area is 181 Å². The molecule has 0 unspecified atom stereocenters. The van der Waals surface area contributed by atoms with Crippen LogP contribution in [0.15, 0.2) is 5.38 Å². The molecule has 1 N–H and O–H groups in total. The van der Waals surface area contributed by atoms with Crippen LogP contribution in [0.3, 0.4) is 0 Å². The van der Waals surface area contributed by atoms with Gasteiger partial charge in [-0.25, -0.2) is 14.4 Å². The molecule has 2 aromatic rings. The van der Waals surface area contributed by atoms with Crippen molar-refractivity contribution in [3.63, 3.8) is 0 Å². The molecule has 0 fully saturated rings. The van der Waals surface area contributed by atoms with Gasteiger partial charge in [-0.1, -0.05) is 0 Å². The minimum atomic E-state index is -0.698. The fraction of sp³-hybridized carbons (Fsp3) is 0.400. The van der Waals surface area contributed by atoms with Gasteiger partial charge in [0.15, 0.2) is 6.61 Å². The Morgan fingerprint density at radius 1 is 1.03 bits per heavy atom. The molecular formula is C20H21NO7S2. The van der Waals surface area contributed by atoms with E-state index in [1.54, 1.807) is 12.3 Å². The molecule has 0 radical (unpaired) electrons. The highest BCUT2D eigenvalue weighted by Crippen LogP contribution is 2.34. The Morgan fingerprint density at radius 2 is 1.73 bits per heavy atom. The zero-order valence-electron chi connectivity index (χ0n) is 16.8. The van der Waals surface area contributed by atoms with Crippen molar-refractivity contribution in [3.05, 3.63) is 37.4 Å². The van der Waals surface area contributed by atoms with Crippen LogP contribution in [0.2, 0.25) is 0 Å². The summed E-state index contributed by atoms with van der Waals surface area (Å²) in [5.41, 5.74) is 1.93. The van der Waals surface area contributed by atoms with E-state index in [4.69, 9.17) is 14.2 Å². The first-order chi connectivity index (χ1) is 14.4. The summed E-state index contributed by atoms with van der Waals surface area (Å²) in [6.45, 7) is 1.04. The first kappa shape index (κ1) is 22.0. The maximum atomic E-state index is 12.4. The Kier molecular flexibility index (Phi) is 6.88. The van der Waals surface area contributed by atoms with Gasteiger partial charge in [0.25, 0.3) is 5.91 Å². The number of rotatable bonds is 6. The van der Waals surface area contributed by atoms with Crippen molar-refractivity contribution >= 4 is 51.5 Å². The van der Waals surface area contributed by atoms with E-state index in [-0.39, 0.29) is 15.4 Å². The minimum Gasteiger partial charge on any atom is -0.465 e. The molecule has 0 bridgehead atoms. The molecule has 8 nitrogen and oxygen atoms in total. The third kappa shape index (κ3) is 4.39. The van der Waals surface area contributed by atoms with E-state index in [9.17, 15) is 19.2 Å². The first-order valence-corrected chi connectivity index (χ1v) is 10.9. The highest BCUT2D eigenvalue weighted by atomic mass is 32.1. The summed E-state index contributed by atoms with van der Waals surface area (Å²) in [6.07, 6.45) is 3.94. The molecule has 0 saturated carbocycles. The smallest absolute Gasteiger partial charge is 0.348 e. The molecule has 0 aliphatic heterocycles. The van der Waals surface area contributed by atoms with E-state index in [1.165, 1.54) is 30.4 Å². The minimum absolute atomic E-state index is 0.0643. The number of hydrogen-bond acceptors (Lipinski definition) is 9. The number of carbonyl (C=O) groups is 4. The number of methoxy groups -OCH3 is 2. The molecule has 3 rings (SSSR count). The van der Waals surface area contributed by atoms with Gasteiger partial charge < -0.3 is 19.5 Å². The van der Waals surface area contributed by atoms with Crippen molar-refractivity contribution in [1.29, 1.82) is 0 Å². The lowest BCUT2D eigenvalue weighted by Crippen LogP contribution is -2.22. The number of carbonyl (C=O) groups excluding carboxylic acids is 4. The zero-order chi connectivity index (χ0) is 21.8. The largest absolute Gasteiger partial charge is 0.465 e. The number of esters is 3. The van der Waals surface area contributed by atoms with Crippen LogP contribution >= 0.6 is 22.7 Å². The lowest BCUT2D eigenvalue weighted by molar-refractivity contribution is -0.119. The average molecular weight is 452 g/mol. The van der Waals surface area contributed by atoms with Gasteiger partial charge in [-0.2, -0.15) is 0 Å². The lowest BCUT2D eigenvalue weighted by Gasteiger charge is -2.12. The molecule has 10 heteroatoms. The van der Waals surface area contributed by atoms with E-state index >= 15 is 0 Å². The van der Waals surface area contributed by atoms with Crippen molar-refractivity contribution in [2.75, 3.05) is 26.1 Å². The second-order valence-electron chi connectivity index (χ2n) is 6.63. The van der Waals surface area contributed by atoms with E-state index in [0.29, 0.717) is 11.1 Å². The summed E-state index contributed by atoms with van der Waals surface area (Å²) in [4.78, 5) is 50.2. The maximum absolute atomic E-state index is 12.4. The van der Waals surface area contributed by atoms with Crippen molar-refractivity contribution in [2.45, 2.75) is 32.6 Å². The van der Waals surface area contributed by atoms with Gasteiger partial charge in [0, 0.05) is 10.3 Å². The summed E-state index contributed by atoms with van der Waals surface area (Å²) < 4.78 is 14.6. The van der Waals surface area contributed by atoms with Gasteiger partial charge in [-0.05, 0) is 43.7 Å². The van der Waals surface area contributed by atoms with E-state index in [2.05, 4.69) is 5.32 Å². The molecule has 0 saturated heterocycles. The van der Waals surface area contributed by atoms with Crippen molar-refractivity contribution in [1.82, 2.24) is 0 Å². The predicted octanol–water partition coefficient (Wildman–Crippen LogP) is 3.37. The van der Waals surface area contributed by atoms with Gasteiger partial charge in [0.1, 0.15) is 9.88 Å². The molecule has 2 heterocycles. The average Bonchev–Trinajstić information content (AvgIpc) is 3.32. The van der Waals surface area contributed by atoms with Crippen LogP contribution in [0.4, 0.5) is 5.00 Å². The number of amides is 1. The normalized spacial score (nSPS) is 12.6. The fourth-order valence-electron chi connectivity index (χ4n) is 3.27. The number of anilines is 1. The molecule has 0 aromatic carbocycles. The van der Waals surface area contributed by atoms with Crippen LogP contribution in [0, 0.1) is 6.92 Å². The van der Waals surface area contributed by atoms with Crippen LogP contribution in [0.5, 0.6) is 0 Å². The quantitative estimate of drug-likeness (QED) is 0.530. The molecule has 1 aliphatic rings. The summed E-state index contributed by atoms with van der Waals surface area (Å²) in [7, 11) is 2.42. The third-order valence-electron chi connectivity index (χ3n) is 4.78. The number of aryl methyl sites for hydroxylation is 1. The van der Waals surface area contributed by atoms with E-state index in [1.807, 2.05) is 0 Å². The third-order valence-corrected chi connectivity index (χ3v) is 7.05. The SMILES string of the molecule is COC(=O)c1sc(NC(=O)COC(=O)c2csc3c2CCCC3)c(C(=O)OC)c1C. The molecule has 2 aromatic heterocycles. The van der Waals surface area contributed by atoms with Crippen LogP contribution in [0.1, 0.15) is 59.2 Å². The van der Waals surface area contributed by atoms with Gasteiger partial charge >= 0.3 is 17.9 Å². The topological polar surface area (TPSA) is 108 Å². The Bertz CT molecular complexity index is 1010. The van der Waals surface area contributed by atoms with Gasteiger partial charge in [0.05, 0.1) is 25.3 Å². The molecule has 1 aliphatic carbocycles. The van der Waals surface area contributed by atoms with E-state index < -0.39 is 30.4 Å². The van der Waals surface area contributed by atoms with Crippen LogP contribution in [-0.4, -0.2) is 44.6 Å². The van der Waals surface area contributed by atoms with Gasteiger partial charge in [-0.3, -0.25) is 4.79 Å². The first-order valence-electron chi connectivity index (χ1n) is 9.23. The van der Waals surface area contributed by atoms with Crippen LogP contribution in [0.25, 0.3) is 0 Å². The number of thiophene rings is 2. The monoisotopic (exact) mass is 451 g/mol. The Balaban J connectivity index is 1.70. The van der Waals surface area contributed by atoms with Crippen LogP contribution < -0.4 is 5.32 Å². The number of fused-ring (bicyclic) bond motifs is 1. The van der Waals surface area contributed by atoms with Crippen molar-refractivity contribution < 1.29 is 33.4 Å². The predicted molar refractivity (Wildman–Crippen MR) is 112 cm³/mol. The highest BCUT2D eigenvalue weighted by molar-refractivity contribution is 7.18. The molecule has 0 atom stereocenters. The molecule has 30 heavy (non-hydrogen) atoms. The van der Waals surface area contributed by atoms with Gasteiger partial charge in [0.2, 0.25) is 0 Å². The maximum Gasteiger partial charge on any atom is 0.348 e. The zero-order valence-corrected chi connectivity index (χ0v) is 18.4. The summed E-state index contributed by atoms with van der Waals surface area (Å²) in [5.74, 6) is -2.50. The van der Waals surface area contributed by atoms with E-state index in [0.717, 1.165) is 42.6 Å². The second-order valence-corrected chi connectivity index (χ2v) is 8.61. The number of hydrogen-bond donors (Lipinski definition) is 1. The summed E-state index contributed by atoms with van der Waals surface area (Å²) in [5, 5.41) is 4.43. The summed E-state index contributed by atoms with van der Waals surface area (Å²) >= 11 is 2.43. The molecular weight excluding hydrogens is 430 g/mol. The van der Waals surface area contributed by atoms with Crippen molar-refractivity contribution in [2.24, 2.45) is 0 Å². The number of ether oxygens (including phenoxy) is 3. The van der Waals surface area contributed by atoms with Crippen LogP contribution in [-0.2, 0) is 31.8 Å². The Hall–Kier alpha value is -2.72. The number of nitrogens with one attached hydrogen (secondary N) is 1. The Morgan fingerprint density at radius 3 is 2.43 bits per heavy atom. The molecule has 160 valence electrons. The van der Waals surface area contributed by atoms with Crippen molar-refractivity contribution in [3.8, 4) is 0 Å². The summed E-state index contributed by atoms with van der Waals surface area (Å²) in [6, 6.07) is 0. The second kappa shape index (κ2) is 9.40.